The van der Waals surface area contributed by atoms with Crippen LogP contribution in [-0.2, 0) is 0 Å². The van der Waals surface area contributed by atoms with Gasteiger partial charge in [0.05, 0.1) is 5.69 Å². The highest BCUT2D eigenvalue weighted by Gasteiger charge is 2.38. The van der Waals surface area contributed by atoms with Gasteiger partial charge in [0, 0.05) is 0 Å². The molecule has 72 valence electrons. The Bertz CT molecular complexity index is 297. The van der Waals surface area contributed by atoms with Gasteiger partial charge < -0.3 is 5.73 Å². The molecule has 0 saturated heterocycles. The van der Waals surface area contributed by atoms with Gasteiger partial charge in [-0.1, -0.05) is 6.07 Å². The number of nitrogens with zero attached hydrogens (tertiary/aromatic N) is 1. The highest BCUT2D eigenvalue weighted by atomic mass is 19.4. The lowest BCUT2D eigenvalue weighted by atomic mass is 10.2. The van der Waals surface area contributed by atoms with Gasteiger partial charge in [0.15, 0.2) is 0 Å². The van der Waals surface area contributed by atoms with Crippen LogP contribution in [0.5, 0.6) is 0 Å². The molecule has 1 heterocycles. The number of rotatable bonds is 1. The van der Waals surface area contributed by atoms with E-state index < -0.39 is 23.9 Å². The molecule has 2 nitrogen and oxygen atoms in total. The predicted molar refractivity (Wildman–Crippen MR) is 37.2 cm³/mol. The van der Waals surface area contributed by atoms with Crippen molar-refractivity contribution < 1.29 is 17.6 Å². The maximum atomic E-state index is 12.4. The summed E-state index contributed by atoms with van der Waals surface area (Å²) >= 11 is 0. The van der Waals surface area contributed by atoms with Crippen molar-refractivity contribution in [1.29, 1.82) is 0 Å². The van der Waals surface area contributed by atoms with Crippen molar-refractivity contribution in [2.45, 2.75) is 12.2 Å². The van der Waals surface area contributed by atoms with Crippen molar-refractivity contribution in [3.05, 3.63) is 29.8 Å². The number of halogens is 4. The van der Waals surface area contributed by atoms with E-state index in [1.807, 2.05) is 0 Å². The molecule has 0 saturated carbocycles. The van der Waals surface area contributed by atoms with Crippen molar-refractivity contribution in [3.63, 3.8) is 0 Å². The highest BCUT2D eigenvalue weighted by Crippen LogP contribution is 2.29. The SMILES string of the molecule is NC(c1cccc(F)n1)C(F)(F)F. The van der Waals surface area contributed by atoms with Gasteiger partial charge in [0.2, 0.25) is 5.95 Å². The van der Waals surface area contributed by atoms with Crippen molar-refractivity contribution >= 4 is 0 Å². The van der Waals surface area contributed by atoms with E-state index in [1.165, 1.54) is 0 Å². The van der Waals surface area contributed by atoms with Crippen LogP contribution in [0.25, 0.3) is 0 Å². The van der Waals surface area contributed by atoms with Crippen LogP contribution < -0.4 is 5.73 Å². The highest BCUT2D eigenvalue weighted by molar-refractivity contribution is 5.10. The summed E-state index contributed by atoms with van der Waals surface area (Å²) in [6.45, 7) is 0. The first-order chi connectivity index (χ1) is 5.91. The summed E-state index contributed by atoms with van der Waals surface area (Å²) in [6.07, 6.45) is -4.60. The van der Waals surface area contributed by atoms with Crippen LogP contribution in [-0.4, -0.2) is 11.2 Å². The molecule has 6 heteroatoms. The molecule has 0 aliphatic heterocycles. The Morgan fingerprint density at radius 1 is 1.31 bits per heavy atom. The number of aromatic nitrogens is 1. The summed E-state index contributed by atoms with van der Waals surface area (Å²) < 4.78 is 48.3. The fourth-order valence-corrected chi connectivity index (χ4v) is 0.765. The van der Waals surface area contributed by atoms with E-state index in [2.05, 4.69) is 4.98 Å². The minimum atomic E-state index is -4.60. The lowest BCUT2D eigenvalue weighted by Gasteiger charge is -2.14. The predicted octanol–water partition coefficient (Wildman–Crippen LogP) is 1.78. The van der Waals surface area contributed by atoms with E-state index in [1.54, 1.807) is 0 Å². The zero-order chi connectivity index (χ0) is 10.1. The second-order valence-electron chi connectivity index (χ2n) is 2.40. The third kappa shape index (κ3) is 2.38. The van der Waals surface area contributed by atoms with Gasteiger partial charge in [0.25, 0.3) is 0 Å². The Kier molecular flexibility index (Phi) is 2.51. The molecule has 0 aliphatic rings. The lowest BCUT2D eigenvalue weighted by molar-refractivity contribution is -0.150. The first kappa shape index (κ1) is 9.91. The molecular formula is C7H6F4N2. The van der Waals surface area contributed by atoms with Crippen LogP contribution in [0.15, 0.2) is 18.2 Å². The average molecular weight is 194 g/mol. The van der Waals surface area contributed by atoms with Crippen LogP contribution in [0.3, 0.4) is 0 Å². The molecule has 0 radical (unpaired) electrons. The van der Waals surface area contributed by atoms with Crippen molar-refractivity contribution in [2.24, 2.45) is 5.73 Å². The van der Waals surface area contributed by atoms with Gasteiger partial charge in [-0.05, 0) is 12.1 Å². The number of pyridine rings is 1. The van der Waals surface area contributed by atoms with E-state index in [9.17, 15) is 17.6 Å². The Morgan fingerprint density at radius 2 is 1.92 bits per heavy atom. The van der Waals surface area contributed by atoms with E-state index in [0.717, 1.165) is 18.2 Å². The van der Waals surface area contributed by atoms with Gasteiger partial charge in [-0.15, -0.1) is 0 Å². The lowest BCUT2D eigenvalue weighted by Crippen LogP contribution is -2.29. The second-order valence-corrected chi connectivity index (χ2v) is 2.40. The summed E-state index contributed by atoms with van der Waals surface area (Å²) in [6, 6.07) is 0.875. The van der Waals surface area contributed by atoms with Gasteiger partial charge in [-0.3, -0.25) is 0 Å². The Balaban J connectivity index is 2.96. The average Bonchev–Trinajstić information content (AvgIpc) is 2.01. The zero-order valence-corrected chi connectivity index (χ0v) is 6.35. The standard InChI is InChI=1S/C7H6F4N2/c8-5-3-1-2-4(13-5)6(12)7(9,10)11/h1-3,6H,12H2. The molecule has 0 bridgehead atoms. The molecule has 0 spiro atoms. The molecule has 1 unspecified atom stereocenters. The van der Waals surface area contributed by atoms with Crippen molar-refractivity contribution in [2.75, 3.05) is 0 Å². The fourth-order valence-electron chi connectivity index (χ4n) is 0.765. The molecule has 0 aromatic carbocycles. The molecule has 1 atom stereocenters. The Hall–Kier alpha value is -1.17. The third-order valence-electron chi connectivity index (χ3n) is 1.41. The first-order valence-corrected chi connectivity index (χ1v) is 3.36. The van der Waals surface area contributed by atoms with Gasteiger partial charge in [-0.25, -0.2) is 4.98 Å². The van der Waals surface area contributed by atoms with Crippen LogP contribution in [0.2, 0.25) is 0 Å². The van der Waals surface area contributed by atoms with Crippen LogP contribution in [0.1, 0.15) is 11.7 Å². The number of hydrogen-bond donors (Lipinski definition) is 1. The fraction of sp³-hybridized carbons (Fsp3) is 0.286. The summed E-state index contributed by atoms with van der Waals surface area (Å²) in [5.74, 6) is -0.975. The normalized spacial score (nSPS) is 14.2. The molecule has 0 fully saturated rings. The molecule has 1 aromatic heterocycles. The largest absolute Gasteiger partial charge is 0.409 e. The molecule has 0 aliphatic carbocycles. The van der Waals surface area contributed by atoms with E-state index in [4.69, 9.17) is 5.73 Å². The van der Waals surface area contributed by atoms with Crippen molar-refractivity contribution in [1.82, 2.24) is 4.98 Å². The first-order valence-electron chi connectivity index (χ1n) is 3.36. The molecular weight excluding hydrogens is 188 g/mol. The number of nitrogens with two attached hydrogens (primary N) is 1. The van der Waals surface area contributed by atoms with Gasteiger partial charge in [0.1, 0.15) is 6.04 Å². The molecule has 1 rings (SSSR count). The molecule has 13 heavy (non-hydrogen) atoms. The Morgan fingerprint density at radius 3 is 2.38 bits per heavy atom. The topological polar surface area (TPSA) is 38.9 Å². The summed E-state index contributed by atoms with van der Waals surface area (Å²) in [7, 11) is 0. The third-order valence-corrected chi connectivity index (χ3v) is 1.41. The summed E-state index contributed by atoms with van der Waals surface area (Å²) in [5.41, 5.74) is 4.27. The summed E-state index contributed by atoms with van der Waals surface area (Å²) in [4.78, 5) is 3.03. The maximum Gasteiger partial charge on any atom is 0.409 e. The minimum Gasteiger partial charge on any atom is -0.315 e. The second kappa shape index (κ2) is 3.29. The summed E-state index contributed by atoms with van der Waals surface area (Å²) in [5, 5.41) is 0. The minimum absolute atomic E-state index is 0.521. The van der Waals surface area contributed by atoms with Crippen molar-refractivity contribution in [3.8, 4) is 0 Å². The van der Waals surface area contributed by atoms with E-state index in [0.29, 0.717) is 0 Å². The van der Waals surface area contributed by atoms with Gasteiger partial charge >= 0.3 is 6.18 Å². The zero-order valence-electron chi connectivity index (χ0n) is 6.35. The maximum absolute atomic E-state index is 12.4. The molecule has 0 amide bonds. The van der Waals surface area contributed by atoms with Gasteiger partial charge in [-0.2, -0.15) is 17.6 Å². The van der Waals surface area contributed by atoms with Crippen LogP contribution >= 0.6 is 0 Å². The monoisotopic (exact) mass is 194 g/mol. The molecule has 2 N–H and O–H groups in total. The quantitative estimate of drug-likeness (QED) is 0.546. The van der Waals surface area contributed by atoms with E-state index in [-0.39, 0.29) is 0 Å². The Labute approximate surface area is 71.4 Å². The number of hydrogen-bond acceptors (Lipinski definition) is 2. The smallest absolute Gasteiger partial charge is 0.315 e. The molecule has 1 aromatic rings. The van der Waals surface area contributed by atoms with Crippen LogP contribution in [0, 0.1) is 5.95 Å². The van der Waals surface area contributed by atoms with Crippen LogP contribution in [0.4, 0.5) is 17.6 Å². The van der Waals surface area contributed by atoms with E-state index >= 15 is 0 Å². The number of alkyl halides is 3.